The lowest BCUT2D eigenvalue weighted by Gasteiger charge is -1.95. The van der Waals surface area contributed by atoms with Crippen molar-refractivity contribution in [1.29, 1.82) is 0 Å². The van der Waals surface area contributed by atoms with E-state index in [-0.39, 0.29) is 33.0 Å². The fraction of sp³-hybridized carbons (Fsp3) is 0.0714. The predicted molar refractivity (Wildman–Crippen MR) is 150 cm³/mol. The van der Waals surface area contributed by atoms with Crippen molar-refractivity contribution in [3.05, 3.63) is 104 Å². The molecule has 2 N–H and O–H groups in total. The highest BCUT2D eigenvalue weighted by Gasteiger charge is 2.21. The van der Waals surface area contributed by atoms with E-state index in [1.807, 2.05) is 48.5 Å². The Morgan fingerprint density at radius 1 is 0.650 bits per heavy atom. The molecule has 4 heterocycles. The number of hydrogen-bond acceptors (Lipinski definition) is 10. The molecule has 0 saturated carbocycles. The average molecular weight is 573 g/mol. The van der Waals surface area contributed by atoms with Crippen molar-refractivity contribution in [2.75, 3.05) is 14.2 Å². The Morgan fingerprint density at radius 3 is 1.45 bits per heavy atom. The number of aromatic amines is 2. The molecule has 4 aromatic heterocycles. The molecule has 0 saturated heterocycles. The van der Waals surface area contributed by atoms with Gasteiger partial charge in [0.2, 0.25) is 11.6 Å². The smallest absolute Gasteiger partial charge is 0.357 e. The van der Waals surface area contributed by atoms with Crippen LogP contribution in [0.2, 0.25) is 0 Å². The number of esters is 2. The van der Waals surface area contributed by atoms with Gasteiger partial charge in [-0.05, 0) is 12.1 Å². The highest BCUT2D eigenvalue weighted by Crippen LogP contribution is 2.24. The summed E-state index contributed by atoms with van der Waals surface area (Å²) in [6.07, 6.45) is 3.32. The number of carbonyl (C=O) groups is 4. The van der Waals surface area contributed by atoms with E-state index in [4.69, 9.17) is 0 Å². The van der Waals surface area contributed by atoms with Crippen LogP contribution >= 0.6 is 22.7 Å². The molecule has 6 aromatic rings. The molecule has 10 nitrogen and oxygen atoms in total. The molecular formula is C28H20N4O6S2. The third kappa shape index (κ3) is 5.17. The number of benzene rings is 2. The van der Waals surface area contributed by atoms with Gasteiger partial charge in [-0.15, -0.1) is 22.7 Å². The van der Waals surface area contributed by atoms with Gasteiger partial charge in [0, 0.05) is 45.0 Å². The molecular weight excluding hydrogens is 552 g/mol. The first kappa shape index (κ1) is 26.7. The summed E-state index contributed by atoms with van der Waals surface area (Å²) in [5.41, 5.74) is 3.18. The highest BCUT2D eigenvalue weighted by molar-refractivity contribution is 7.12. The van der Waals surface area contributed by atoms with Crippen LogP contribution in [0, 0.1) is 0 Å². The Kier molecular flexibility index (Phi) is 7.62. The molecule has 0 aliphatic heterocycles. The number of thiazole rings is 2. The fourth-order valence-corrected chi connectivity index (χ4v) is 5.38. The Hall–Kier alpha value is -4.94. The van der Waals surface area contributed by atoms with Gasteiger partial charge in [0.15, 0.2) is 21.4 Å². The molecule has 0 amide bonds. The maximum atomic E-state index is 12.4. The van der Waals surface area contributed by atoms with Crippen molar-refractivity contribution < 1.29 is 28.7 Å². The third-order valence-electron chi connectivity index (χ3n) is 5.85. The van der Waals surface area contributed by atoms with Gasteiger partial charge in [-0.2, -0.15) is 0 Å². The number of carbonyl (C=O) groups excluding carboxylic acids is 4. The number of rotatable bonds is 6. The molecule has 0 aliphatic carbocycles. The van der Waals surface area contributed by atoms with Crippen LogP contribution in [0.1, 0.15) is 51.7 Å². The Morgan fingerprint density at radius 2 is 1.05 bits per heavy atom. The summed E-state index contributed by atoms with van der Waals surface area (Å²) in [6.45, 7) is 0. The maximum absolute atomic E-state index is 12.4. The molecule has 6 rings (SSSR count). The fourth-order valence-electron chi connectivity index (χ4n) is 3.90. The number of H-pyrrole nitrogens is 2. The molecule has 0 aliphatic rings. The second-order valence-electron chi connectivity index (χ2n) is 8.21. The van der Waals surface area contributed by atoms with Crippen molar-refractivity contribution in [2.24, 2.45) is 0 Å². The van der Waals surface area contributed by atoms with Crippen LogP contribution in [0.15, 0.2) is 71.7 Å². The minimum absolute atomic E-state index is 0.153. The Bertz CT molecular complexity index is 1740. The number of ether oxygens (including phenoxy) is 2. The number of methoxy groups -OCH3 is 2. The number of nitrogens with zero attached hydrogens (tertiary/aromatic N) is 2. The summed E-state index contributed by atoms with van der Waals surface area (Å²) in [7, 11) is 2.56. The van der Waals surface area contributed by atoms with Gasteiger partial charge >= 0.3 is 11.9 Å². The van der Waals surface area contributed by atoms with Crippen molar-refractivity contribution in [3.8, 4) is 0 Å². The molecule has 2 aromatic carbocycles. The van der Waals surface area contributed by atoms with Gasteiger partial charge in [0.1, 0.15) is 0 Å². The second kappa shape index (κ2) is 11.4. The van der Waals surface area contributed by atoms with E-state index < -0.39 is 11.9 Å². The van der Waals surface area contributed by atoms with Crippen molar-refractivity contribution in [3.63, 3.8) is 0 Å². The lowest BCUT2D eigenvalue weighted by atomic mass is 10.1. The van der Waals surface area contributed by atoms with Crippen LogP contribution in [-0.4, -0.2) is 57.7 Å². The molecule has 0 atom stereocenters. The number of aromatic nitrogens is 4. The standard InChI is InChI=1S/2C14H10N2O3S/c2*1-19-14(18)11-7-20-13(16-11)12(17)9-6-15-10-5-3-2-4-8(9)10/h2*2-7,15H,1H3. The number of hydrogen-bond donors (Lipinski definition) is 2. The molecule has 200 valence electrons. The summed E-state index contributed by atoms with van der Waals surface area (Å²) in [6, 6.07) is 15.1. The second-order valence-corrected chi connectivity index (χ2v) is 9.93. The van der Waals surface area contributed by atoms with Gasteiger partial charge in [0.25, 0.3) is 0 Å². The number of fused-ring (bicyclic) bond motifs is 2. The first-order chi connectivity index (χ1) is 19.4. The molecule has 0 fully saturated rings. The van der Waals surface area contributed by atoms with Gasteiger partial charge in [-0.3, -0.25) is 9.59 Å². The zero-order valence-corrected chi connectivity index (χ0v) is 22.7. The summed E-state index contributed by atoms with van der Waals surface area (Å²) in [5.74, 6) is -1.50. The quantitative estimate of drug-likeness (QED) is 0.203. The lowest BCUT2D eigenvalue weighted by molar-refractivity contribution is 0.0586. The van der Waals surface area contributed by atoms with Gasteiger partial charge < -0.3 is 19.4 Å². The van der Waals surface area contributed by atoms with E-state index in [1.165, 1.54) is 25.0 Å². The minimum Gasteiger partial charge on any atom is -0.464 e. The molecule has 0 spiro atoms. The summed E-state index contributed by atoms with van der Waals surface area (Å²) in [4.78, 5) is 61.7. The van der Waals surface area contributed by atoms with Crippen LogP contribution in [-0.2, 0) is 9.47 Å². The Balaban J connectivity index is 0.000000161. The monoisotopic (exact) mass is 572 g/mol. The minimum atomic E-state index is -0.542. The van der Waals surface area contributed by atoms with Gasteiger partial charge in [0.05, 0.1) is 25.3 Å². The summed E-state index contributed by atoms with van der Waals surface area (Å²) < 4.78 is 9.16. The van der Waals surface area contributed by atoms with E-state index in [1.54, 1.807) is 12.4 Å². The van der Waals surface area contributed by atoms with Crippen LogP contribution in [0.4, 0.5) is 0 Å². The lowest BCUT2D eigenvalue weighted by Crippen LogP contribution is -2.04. The highest BCUT2D eigenvalue weighted by atomic mass is 32.1. The van der Waals surface area contributed by atoms with E-state index in [9.17, 15) is 19.2 Å². The predicted octanol–water partition coefficient (Wildman–Crippen LogP) is 5.28. The molecule has 0 bridgehead atoms. The topological polar surface area (TPSA) is 144 Å². The maximum Gasteiger partial charge on any atom is 0.357 e. The molecule has 40 heavy (non-hydrogen) atoms. The zero-order chi connectivity index (χ0) is 28.2. The van der Waals surface area contributed by atoms with Crippen LogP contribution in [0.5, 0.6) is 0 Å². The number of ketones is 2. The van der Waals surface area contributed by atoms with Crippen molar-refractivity contribution >= 4 is 68.0 Å². The van der Waals surface area contributed by atoms with Crippen LogP contribution in [0.25, 0.3) is 21.8 Å². The number of para-hydroxylation sites is 2. The first-order valence-corrected chi connectivity index (χ1v) is 13.5. The molecule has 0 radical (unpaired) electrons. The van der Waals surface area contributed by atoms with E-state index in [0.717, 1.165) is 44.5 Å². The van der Waals surface area contributed by atoms with Gasteiger partial charge in [-0.1, -0.05) is 36.4 Å². The SMILES string of the molecule is COC(=O)c1csc(C(=O)c2c[nH]c3ccccc23)n1.COC(=O)c1csc(C(=O)c2c[nH]c3ccccc23)n1. The van der Waals surface area contributed by atoms with Crippen LogP contribution < -0.4 is 0 Å². The van der Waals surface area contributed by atoms with Crippen molar-refractivity contribution in [1.82, 2.24) is 19.9 Å². The number of nitrogens with one attached hydrogen (secondary N) is 2. The van der Waals surface area contributed by atoms with Gasteiger partial charge in [-0.25, -0.2) is 19.6 Å². The summed E-state index contributed by atoms with van der Waals surface area (Å²) in [5, 5.41) is 5.27. The average Bonchev–Trinajstić information content (AvgIpc) is 3.81. The molecule has 12 heteroatoms. The van der Waals surface area contributed by atoms with E-state index in [0.29, 0.717) is 11.1 Å². The van der Waals surface area contributed by atoms with Crippen molar-refractivity contribution in [2.45, 2.75) is 0 Å². The van der Waals surface area contributed by atoms with E-state index in [2.05, 4.69) is 29.4 Å². The first-order valence-electron chi connectivity index (χ1n) is 11.7. The largest absolute Gasteiger partial charge is 0.464 e. The van der Waals surface area contributed by atoms with Crippen LogP contribution in [0.3, 0.4) is 0 Å². The normalized spacial score (nSPS) is 10.7. The summed E-state index contributed by atoms with van der Waals surface area (Å²) >= 11 is 2.27. The zero-order valence-electron chi connectivity index (χ0n) is 21.1. The third-order valence-corrected chi connectivity index (χ3v) is 7.54. The molecule has 0 unspecified atom stereocenters. The Labute approximate surface area is 234 Å². The van der Waals surface area contributed by atoms with E-state index >= 15 is 0 Å².